The van der Waals surface area contributed by atoms with Gasteiger partial charge >= 0.3 is 0 Å². The van der Waals surface area contributed by atoms with Gasteiger partial charge in [0.25, 0.3) is 0 Å². The van der Waals surface area contributed by atoms with Crippen LogP contribution in [0.3, 0.4) is 0 Å². The van der Waals surface area contributed by atoms with Gasteiger partial charge in [-0.2, -0.15) is 0 Å². The Hall–Kier alpha value is -0.520. The summed E-state index contributed by atoms with van der Waals surface area (Å²) in [7, 11) is 0. The third-order valence-corrected chi connectivity index (χ3v) is 2.22. The van der Waals surface area contributed by atoms with Crippen LogP contribution in [0.2, 0.25) is 0 Å². The van der Waals surface area contributed by atoms with E-state index in [1.165, 1.54) is 19.3 Å². The molecule has 10 heavy (non-hydrogen) atoms. The molecule has 0 nitrogen and oxygen atoms in total. The second-order valence-electron chi connectivity index (χ2n) is 2.89. The first kappa shape index (κ1) is 7.59. The van der Waals surface area contributed by atoms with E-state index in [2.05, 4.69) is 32.1 Å². The number of allylic oxidation sites excluding steroid dienone is 4. The average molecular weight is 136 g/mol. The molecular formula is C10H16. The summed E-state index contributed by atoms with van der Waals surface area (Å²) >= 11 is 0. The smallest absolute Gasteiger partial charge is 0.0165 e. The lowest BCUT2D eigenvalue weighted by molar-refractivity contribution is 0.594. The SMILES string of the molecule is C/C=C\C1=CCCC1CC. The second-order valence-corrected chi connectivity index (χ2v) is 2.89. The van der Waals surface area contributed by atoms with E-state index < -0.39 is 0 Å². The molecule has 0 heteroatoms. The maximum atomic E-state index is 2.37. The molecule has 0 amide bonds. The quantitative estimate of drug-likeness (QED) is 0.546. The first-order chi connectivity index (χ1) is 4.88. The number of hydrogen-bond donors (Lipinski definition) is 0. The zero-order valence-electron chi connectivity index (χ0n) is 6.93. The van der Waals surface area contributed by atoms with Crippen LogP contribution in [0.5, 0.6) is 0 Å². The van der Waals surface area contributed by atoms with Crippen molar-refractivity contribution in [2.45, 2.75) is 33.1 Å². The van der Waals surface area contributed by atoms with Crippen molar-refractivity contribution >= 4 is 0 Å². The molecule has 1 atom stereocenters. The minimum absolute atomic E-state index is 0.858. The fraction of sp³-hybridized carbons (Fsp3) is 0.600. The van der Waals surface area contributed by atoms with Gasteiger partial charge in [-0.3, -0.25) is 0 Å². The molecule has 0 saturated carbocycles. The van der Waals surface area contributed by atoms with Crippen molar-refractivity contribution in [2.24, 2.45) is 5.92 Å². The minimum atomic E-state index is 0.858. The molecule has 0 fully saturated rings. The number of rotatable bonds is 2. The molecule has 0 N–H and O–H groups in total. The molecule has 56 valence electrons. The van der Waals surface area contributed by atoms with Crippen molar-refractivity contribution in [3.8, 4) is 0 Å². The molecule has 0 aromatic rings. The molecule has 0 aromatic carbocycles. The highest BCUT2D eigenvalue weighted by molar-refractivity contribution is 5.24. The molecule has 0 saturated heterocycles. The fourth-order valence-corrected chi connectivity index (χ4v) is 1.62. The Morgan fingerprint density at radius 1 is 1.70 bits per heavy atom. The summed E-state index contributed by atoms with van der Waals surface area (Å²) in [5, 5.41) is 0. The normalized spacial score (nSPS) is 25.8. The van der Waals surface area contributed by atoms with Crippen LogP contribution < -0.4 is 0 Å². The predicted molar refractivity (Wildman–Crippen MR) is 45.9 cm³/mol. The van der Waals surface area contributed by atoms with Crippen molar-refractivity contribution < 1.29 is 0 Å². The highest BCUT2D eigenvalue weighted by Gasteiger charge is 2.13. The topological polar surface area (TPSA) is 0 Å². The molecule has 1 rings (SSSR count). The Labute approximate surface area is 63.6 Å². The third-order valence-electron chi connectivity index (χ3n) is 2.22. The minimum Gasteiger partial charge on any atom is -0.0874 e. The van der Waals surface area contributed by atoms with Crippen molar-refractivity contribution in [1.29, 1.82) is 0 Å². The summed E-state index contributed by atoms with van der Waals surface area (Å²) in [5.41, 5.74) is 1.56. The van der Waals surface area contributed by atoms with Crippen molar-refractivity contribution in [1.82, 2.24) is 0 Å². The van der Waals surface area contributed by atoms with E-state index in [0.717, 1.165) is 5.92 Å². The van der Waals surface area contributed by atoms with Crippen molar-refractivity contribution in [3.63, 3.8) is 0 Å². The van der Waals surface area contributed by atoms with Gasteiger partial charge in [-0.1, -0.05) is 25.2 Å². The number of hydrogen-bond acceptors (Lipinski definition) is 0. The highest BCUT2D eigenvalue weighted by atomic mass is 14.2. The van der Waals surface area contributed by atoms with Gasteiger partial charge in [0.2, 0.25) is 0 Å². The van der Waals surface area contributed by atoms with Crippen LogP contribution in [0.15, 0.2) is 23.8 Å². The molecule has 1 unspecified atom stereocenters. The van der Waals surface area contributed by atoms with Crippen molar-refractivity contribution in [2.75, 3.05) is 0 Å². The summed E-state index contributed by atoms with van der Waals surface area (Å²) in [6, 6.07) is 0. The maximum Gasteiger partial charge on any atom is -0.0165 e. The van der Waals surface area contributed by atoms with Crippen LogP contribution in [0.4, 0.5) is 0 Å². The van der Waals surface area contributed by atoms with Crippen LogP contribution in [0, 0.1) is 5.92 Å². The van der Waals surface area contributed by atoms with E-state index in [4.69, 9.17) is 0 Å². The maximum absolute atomic E-state index is 2.37. The monoisotopic (exact) mass is 136 g/mol. The van der Waals surface area contributed by atoms with Gasteiger partial charge in [0.15, 0.2) is 0 Å². The Bertz CT molecular complexity index is 151. The molecule has 0 aliphatic heterocycles. The van der Waals surface area contributed by atoms with Crippen molar-refractivity contribution in [3.05, 3.63) is 23.8 Å². The molecule has 0 aromatic heterocycles. The fourth-order valence-electron chi connectivity index (χ4n) is 1.62. The molecule has 1 aliphatic rings. The summed E-state index contributed by atoms with van der Waals surface area (Å²) in [5.74, 6) is 0.858. The van der Waals surface area contributed by atoms with Gasteiger partial charge in [0, 0.05) is 0 Å². The average Bonchev–Trinajstić information content (AvgIpc) is 2.36. The first-order valence-electron chi connectivity index (χ1n) is 4.21. The molecule has 0 radical (unpaired) electrons. The Morgan fingerprint density at radius 2 is 2.50 bits per heavy atom. The van der Waals surface area contributed by atoms with E-state index in [9.17, 15) is 0 Å². The predicted octanol–water partition coefficient (Wildman–Crippen LogP) is 3.31. The lowest BCUT2D eigenvalue weighted by atomic mass is 9.99. The lowest BCUT2D eigenvalue weighted by Crippen LogP contribution is -1.93. The lowest BCUT2D eigenvalue weighted by Gasteiger charge is -2.07. The Morgan fingerprint density at radius 3 is 3.10 bits per heavy atom. The van der Waals surface area contributed by atoms with E-state index in [1.54, 1.807) is 5.57 Å². The van der Waals surface area contributed by atoms with E-state index in [0.29, 0.717) is 0 Å². The second kappa shape index (κ2) is 3.60. The van der Waals surface area contributed by atoms with Crippen LogP contribution in [0.25, 0.3) is 0 Å². The van der Waals surface area contributed by atoms with Crippen LogP contribution in [-0.2, 0) is 0 Å². The molecule has 0 spiro atoms. The molecule has 0 heterocycles. The first-order valence-corrected chi connectivity index (χ1v) is 4.21. The Kier molecular flexibility index (Phi) is 2.73. The Balaban J connectivity index is 2.56. The van der Waals surface area contributed by atoms with Crippen LogP contribution in [-0.4, -0.2) is 0 Å². The van der Waals surface area contributed by atoms with Gasteiger partial charge in [-0.25, -0.2) is 0 Å². The van der Waals surface area contributed by atoms with Gasteiger partial charge < -0.3 is 0 Å². The van der Waals surface area contributed by atoms with Crippen LogP contribution in [0.1, 0.15) is 33.1 Å². The van der Waals surface area contributed by atoms with E-state index >= 15 is 0 Å². The van der Waals surface area contributed by atoms with E-state index in [1.807, 2.05) is 0 Å². The summed E-state index contributed by atoms with van der Waals surface area (Å²) < 4.78 is 0. The summed E-state index contributed by atoms with van der Waals surface area (Å²) in [6.45, 7) is 4.36. The zero-order valence-corrected chi connectivity index (χ0v) is 6.93. The standard InChI is InChI=1S/C10H16/c1-3-6-10-8-5-7-9(10)4-2/h3,6,8-9H,4-5,7H2,1-2H3/b6-3-. The summed E-state index contributed by atoms with van der Waals surface area (Å²) in [4.78, 5) is 0. The molecule has 1 aliphatic carbocycles. The zero-order chi connectivity index (χ0) is 7.40. The van der Waals surface area contributed by atoms with E-state index in [-0.39, 0.29) is 0 Å². The van der Waals surface area contributed by atoms with Gasteiger partial charge in [0.1, 0.15) is 0 Å². The molecule has 0 bridgehead atoms. The summed E-state index contributed by atoms with van der Waals surface area (Å²) in [6.07, 6.45) is 10.7. The molecular weight excluding hydrogens is 120 g/mol. The highest BCUT2D eigenvalue weighted by Crippen LogP contribution is 2.28. The van der Waals surface area contributed by atoms with Gasteiger partial charge in [-0.15, -0.1) is 0 Å². The van der Waals surface area contributed by atoms with Gasteiger partial charge in [0.05, 0.1) is 0 Å². The largest absolute Gasteiger partial charge is 0.0874 e. The van der Waals surface area contributed by atoms with Gasteiger partial charge in [-0.05, 0) is 37.7 Å². The van der Waals surface area contributed by atoms with Crippen LogP contribution >= 0.6 is 0 Å². The third kappa shape index (κ3) is 1.50.